The van der Waals surface area contributed by atoms with Gasteiger partial charge in [0.2, 0.25) is 0 Å². The zero-order chi connectivity index (χ0) is 14.7. The highest BCUT2D eigenvalue weighted by Crippen LogP contribution is 2.25. The van der Waals surface area contributed by atoms with Crippen LogP contribution in [-0.4, -0.2) is 12.2 Å². The molecule has 20 heavy (non-hydrogen) atoms. The molecule has 1 aromatic heterocycles. The third-order valence-corrected chi connectivity index (χ3v) is 3.43. The van der Waals surface area contributed by atoms with Crippen molar-refractivity contribution in [1.82, 2.24) is 5.32 Å². The molecule has 0 fully saturated rings. The molecule has 1 unspecified atom stereocenters. The first kappa shape index (κ1) is 14.5. The van der Waals surface area contributed by atoms with Crippen LogP contribution in [0.4, 0.5) is 0 Å². The number of ether oxygens (including phenoxy) is 1. The van der Waals surface area contributed by atoms with E-state index in [0.717, 1.165) is 28.4 Å². The van der Waals surface area contributed by atoms with Crippen molar-refractivity contribution in [2.24, 2.45) is 0 Å². The summed E-state index contributed by atoms with van der Waals surface area (Å²) in [6.07, 6.45) is 0. The molecular weight excluding hydrogens is 254 g/mol. The van der Waals surface area contributed by atoms with Crippen LogP contribution < -0.4 is 10.1 Å². The topological polar surface area (TPSA) is 54.6 Å². The van der Waals surface area contributed by atoms with Crippen molar-refractivity contribution in [2.45, 2.75) is 33.4 Å². The van der Waals surface area contributed by atoms with Crippen molar-refractivity contribution in [3.8, 4) is 11.5 Å². The molecule has 0 aliphatic heterocycles. The Labute approximate surface area is 119 Å². The first-order valence-corrected chi connectivity index (χ1v) is 6.67. The van der Waals surface area contributed by atoms with Crippen LogP contribution in [0.3, 0.4) is 0 Å². The Hall–Kier alpha value is -1.94. The van der Waals surface area contributed by atoms with Crippen LogP contribution in [-0.2, 0) is 6.54 Å². The molecule has 0 saturated heterocycles. The zero-order valence-corrected chi connectivity index (χ0v) is 12.4. The van der Waals surface area contributed by atoms with Crippen molar-refractivity contribution in [2.75, 3.05) is 7.11 Å². The van der Waals surface area contributed by atoms with Gasteiger partial charge in [-0.25, -0.2) is 0 Å². The Morgan fingerprint density at radius 1 is 1.30 bits per heavy atom. The number of rotatable bonds is 5. The first-order chi connectivity index (χ1) is 9.51. The van der Waals surface area contributed by atoms with Crippen molar-refractivity contribution in [3.05, 3.63) is 46.9 Å². The number of nitrogens with one attached hydrogen (secondary N) is 1. The summed E-state index contributed by atoms with van der Waals surface area (Å²) in [5.41, 5.74) is 1.96. The average molecular weight is 275 g/mol. The minimum absolute atomic E-state index is 0.151. The summed E-state index contributed by atoms with van der Waals surface area (Å²) in [4.78, 5) is 0. The molecule has 1 aromatic carbocycles. The first-order valence-electron chi connectivity index (χ1n) is 6.67. The second kappa shape index (κ2) is 6.01. The fourth-order valence-corrected chi connectivity index (χ4v) is 2.28. The van der Waals surface area contributed by atoms with E-state index in [2.05, 4.69) is 12.2 Å². The fourth-order valence-electron chi connectivity index (χ4n) is 2.28. The lowest BCUT2D eigenvalue weighted by atomic mass is 10.1. The van der Waals surface area contributed by atoms with Gasteiger partial charge in [-0.2, -0.15) is 0 Å². The summed E-state index contributed by atoms with van der Waals surface area (Å²) in [6.45, 7) is 6.54. The average Bonchev–Trinajstić information content (AvgIpc) is 2.76. The lowest BCUT2D eigenvalue weighted by Gasteiger charge is -2.14. The Balaban J connectivity index is 2.06. The maximum Gasteiger partial charge on any atom is 0.120 e. The van der Waals surface area contributed by atoms with Crippen LogP contribution in [0.5, 0.6) is 11.5 Å². The Morgan fingerprint density at radius 2 is 2.05 bits per heavy atom. The molecular formula is C16H21NO3. The predicted octanol–water partition coefficient (Wildman–Crippen LogP) is 3.46. The fraction of sp³-hybridized carbons (Fsp3) is 0.375. The maximum absolute atomic E-state index is 9.86. The lowest BCUT2D eigenvalue weighted by Crippen LogP contribution is -2.18. The highest BCUT2D eigenvalue weighted by Gasteiger charge is 2.13. The van der Waals surface area contributed by atoms with Crippen LogP contribution in [0, 0.1) is 13.8 Å². The third-order valence-electron chi connectivity index (χ3n) is 3.43. The molecule has 4 heteroatoms. The van der Waals surface area contributed by atoms with Gasteiger partial charge in [0.15, 0.2) is 0 Å². The van der Waals surface area contributed by atoms with E-state index in [4.69, 9.17) is 9.15 Å². The molecule has 4 nitrogen and oxygen atoms in total. The molecule has 0 amide bonds. The Morgan fingerprint density at radius 3 is 2.65 bits per heavy atom. The molecule has 2 aromatic rings. The number of aromatic hydroxyl groups is 1. The summed E-state index contributed by atoms with van der Waals surface area (Å²) in [5, 5.41) is 13.2. The van der Waals surface area contributed by atoms with E-state index in [1.807, 2.05) is 26.0 Å². The molecule has 0 bridgehead atoms. The minimum Gasteiger partial charge on any atom is -0.508 e. The summed E-state index contributed by atoms with van der Waals surface area (Å²) in [6, 6.07) is 7.42. The second-order valence-corrected chi connectivity index (χ2v) is 4.97. The zero-order valence-electron chi connectivity index (χ0n) is 12.4. The molecule has 108 valence electrons. The summed E-state index contributed by atoms with van der Waals surface area (Å²) >= 11 is 0. The van der Waals surface area contributed by atoms with Crippen molar-refractivity contribution in [3.63, 3.8) is 0 Å². The van der Waals surface area contributed by atoms with Crippen LogP contribution in [0.1, 0.15) is 35.6 Å². The van der Waals surface area contributed by atoms with E-state index >= 15 is 0 Å². The smallest absolute Gasteiger partial charge is 0.120 e. The highest BCUT2D eigenvalue weighted by molar-refractivity contribution is 5.39. The monoisotopic (exact) mass is 275 g/mol. The number of benzene rings is 1. The van der Waals surface area contributed by atoms with Gasteiger partial charge in [-0.15, -0.1) is 0 Å². The largest absolute Gasteiger partial charge is 0.508 e. The quantitative estimate of drug-likeness (QED) is 0.877. The minimum atomic E-state index is 0.151. The number of phenols is 1. The molecule has 1 atom stereocenters. The molecule has 0 radical (unpaired) electrons. The molecule has 2 rings (SSSR count). The molecule has 1 heterocycles. The molecule has 0 aliphatic rings. The van der Waals surface area contributed by atoms with E-state index in [9.17, 15) is 5.11 Å². The van der Waals surface area contributed by atoms with Gasteiger partial charge in [0.1, 0.15) is 23.0 Å². The number of methoxy groups -OCH3 is 1. The van der Waals surface area contributed by atoms with Crippen LogP contribution in [0.2, 0.25) is 0 Å². The van der Waals surface area contributed by atoms with Crippen LogP contribution in [0.15, 0.2) is 28.7 Å². The lowest BCUT2D eigenvalue weighted by molar-refractivity contribution is 0.409. The van der Waals surface area contributed by atoms with Gasteiger partial charge in [-0.1, -0.05) is 0 Å². The van der Waals surface area contributed by atoms with E-state index in [0.29, 0.717) is 6.54 Å². The van der Waals surface area contributed by atoms with Gasteiger partial charge in [0, 0.05) is 23.7 Å². The molecule has 0 aliphatic carbocycles. The molecule has 0 saturated carbocycles. The van der Waals surface area contributed by atoms with Gasteiger partial charge in [0.25, 0.3) is 0 Å². The highest BCUT2D eigenvalue weighted by atomic mass is 16.5. The van der Waals surface area contributed by atoms with Crippen molar-refractivity contribution < 1.29 is 14.3 Å². The van der Waals surface area contributed by atoms with Gasteiger partial charge >= 0.3 is 0 Å². The molecule has 2 N–H and O–H groups in total. The number of phenolic OH excluding ortho intramolecular Hbond substituents is 1. The summed E-state index contributed by atoms with van der Waals surface area (Å²) in [5.74, 6) is 2.85. The van der Waals surface area contributed by atoms with Gasteiger partial charge in [0.05, 0.1) is 7.11 Å². The van der Waals surface area contributed by atoms with Gasteiger partial charge in [-0.3, -0.25) is 0 Å². The maximum atomic E-state index is 9.86. The number of furan rings is 1. The number of aryl methyl sites for hydroxylation is 2. The predicted molar refractivity (Wildman–Crippen MR) is 78.1 cm³/mol. The standard InChI is InChI=1S/C16H21NO3/c1-10-7-15(12(3)20-10)11(2)17-9-13-8-14(19-4)5-6-16(13)18/h5-8,11,17-18H,9H2,1-4H3. The van der Waals surface area contributed by atoms with Crippen molar-refractivity contribution >= 4 is 0 Å². The van der Waals surface area contributed by atoms with Crippen LogP contribution in [0.25, 0.3) is 0 Å². The Bertz CT molecular complexity index is 589. The van der Waals surface area contributed by atoms with Gasteiger partial charge < -0.3 is 19.6 Å². The van der Waals surface area contributed by atoms with E-state index < -0.39 is 0 Å². The van der Waals surface area contributed by atoms with E-state index in [1.54, 1.807) is 19.2 Å². The van der Waals surface area contributed by atoms with Crippen molar-refractivity contribution in [1.29, 1.82) is 0 Å². The third kappa shape index (κ3) is 3.14. The SMILES string of the molecule is COc1ccc(O)c(CNC(C)c2cc(C)oc2C)c1. The van der Waals surface area contributed by atoms with Gasteiger partial charge in [-0.05, 0) is 45.0 Å². The molecule has 0 spiro atoms. The van der Waals surface area contributed by atoms with Crippen LogP contribution >= 0.6 is 0 Å². The normalized spacial score (nSPS) is 12.4. The number of hydrogen-bond acceptors (Lipinski definition) is 4. The second-order valence-electron chi connectivity index (χ2n) is 4.97. The number of hydrogen-bond donors (Lipinski definition) is 2. The van der Waals surface area contributed by atoms with E-state index in [1.165, 1.54) is 0 Å². The van der Waals surface area contributed by atoms with E-state index in [-0.39, 0.29) is 11.8 Å². The summed E-state index contributed by atoms with van der Waals surface area (Å²) < 4.78 is 10.7. The summed E-state index contributed by atoms with van der Waals surface area (Å²) in [7, 11) is 1.61. The Kier molecular flexibility index (Phi) is 4.35.